The number of carbonyl (C=O) groups excluding carboxylic acids is 2. The molecule has 31 heavy (non-hydrogen) atoms. The van der Waals surface area contributed by atoms with Crippen LogP contribution < -0.4 is 20.1 Å². The Bertz CT molecular complexity index is 931. The lowest BCUT2D eigenvalue weighted by Gasteiger charge is -2.34. The maximum Gasteiger partial charge on any atom is 0.313 e. The van der Waals surface area contributed by atoms with Gasteiger partial charge in [-0.05, 0) is 29.8 Å². The molecule has 2 aliphatic heterocycles. The van der Waals surface area contributed by atoms with Crippen molar-refractivity contribution in [2.24, 2.45) is 0 Å². The van der Waals surface area contributed by atoms with E-state index < -0.39 is 11.8 Å². The van der Waals surface area contributed by atoms with Gasteiger partial charge in [-0.15, -0.1) is 0 Å². The van der Waals surface area contributed by atoms with Gasteiger partial charge in [-0.2, -0.15) is 0 Å². The second kappa shape index (κ2) is 9.76. The third-order valence-electron chi connectivity index (χ3n) is 5.20. The Kier molecular flexibility index (Phi) is 6.63. The van der Waals surface area contributed by atoms with Crippen molar-refractivity contribution in [1.82, 2.24) is 10.2 Å². The Morgan fingerprint density at radius 2 is 1.65 bits per heavy atom. The molecule has 1 atom stereocenters. The number of hydrogen-bond donors (Lipinski definition) is 2. The molecule has 2 amide bonds. The number of morpholine rings is 1. The molecule has 0 aromatic heterocycles. The van der Waals surface area contributed by atoms with Crippen molar-refractivity contribution in [2.45, 2.75) is 6.04 Å². The van der Waals surface area contributed by atoms with Crippen LogP contribution >= 0.6 is 0 Å². The maximum absolute atomic E-state index is 13.4. The van der Waals surface area contributed by atoms with E-state index in [1.165, 1.54) is 12.1 Å². The lowest BCUT2D eigenvalue weighted by Crippen LogP contribution is -2.45. The van der Waals surface area contributed by atoms with E-state index in [4.69, 9.17) is 14.2 Å². The summed E-state index contributed by atoms with van der Waals surface area (Å²) in [5.41, 5.74) is 1.29. The molecule has 8 nitrogen and oxygen atoms in total. The number of carbonyl (C=O) groups is 2. The highest BCUT2D eigenvalue weighted by Gasteiger charge is 2.25. The van der Waals surface area contributed by atoms with Gasteiger partial charge in [-0.25, -0.2) is 4.39 Å². The highest BCUT2D eigenvalue weighted by Crippen LogP contribution is 2.32. The summed E-state index contributed by atoms with van der Waals surface area (Å²) in [5.74, 6) is -0.742. The molecule has 4 rings (SSSR count). The zero-order chi connectivity index (χ0) is 21.6. The summed E-state index contributed by atoms with van der Waals surface area (Å²) in [6.45, 7) is 3.63. The van der Waals surface area contributed by atoms with E-state index in [0.717, 1.165) is 5.56 Å². The topological polar surface area (TPSA) is 89.1 Å². The SMILES string of the molecule is O=C(NCC(c1ccc(F)cc1)N1CCOCC1)C(=O)Nc1ccc2c(c1)OCCO2. The molecule has 2 N–H and O–H groups in total. The number of nitrogens with one attached hydrogen (secondary N) is 2. The van der Waals surface area contributed by atoms with Crippen molar-refractivity contribution in [3.63, 3.8) is 0 Å². The normalized spacial score (nSPS) is 16.9. The van der Waals surface area contributed by atoms with E-state index in [1.54, 1.807) is 30.3 Å². The minimum Gasteiger partial charge on any atom is -0.486 e. The number of amides is 2. The van der Waals surface area contributed by atoms with E-state index in [0.29, 0.717) is 56.7 Å². The number of hydrogen-bond acceptors (Lipinski definition) is 6. The van der Waals surface area contributed by atoms with E-state index >= 15 is 0 Å². The van der Waals surface area contributed by atoms with E-state index in [-0.39, 0.29) is 18.4 Å². The number of fused-ring (bicyclic) bond motifs is 1. The van der Waals surface area contributed by atoms with Gasteiger partial charge < -0.3 is 24.8 Å². The van der Waals surface area contributed by atoms with Gasteiger partial charge >= 0.3 is 11.8 Å². The van der Waals surface area contributed by atoms with E-state index in [2.05, 4.69) is 15.5 Å². The summed E-state index contributed by atoms with van der Waals surface area (Å²) in [5, 5.41) is 5.26. The third-order valence-corrected chi connectivity index (χ3v) is 5.20. The Morgan fingerprint density at radius 1 is 0.935 bits per heavy atom. The van der Waals surface area contributed by atoms with Crippen molar-refractivity contribution in [2.75, 3.05) is 51.4 Å². The van der Waals surface area contributed by atoms with Gasteiger partial charge in [0.1, 0.15) is 19.0 Å². The van der Waals surface area contributed by atoms with Crippen LogP contribution in [0.5, 0.6) is 11.5 Å². The zero-order valence-corrected chi connectivity index (χ0v) is 16.9. The monoisotopic (exact) mass is 429 g/mol. The smallest absolute Gasteiger partial charge is 0.313 e. The molecule has 2 aliphatic rings. The molecule has 2 aromatic carbocycles. The van der Waals surface area contributed by atoms with Crippen LogP contribution in [0.15, 0.2) is 42.5 Å². The van der Waals surface area contributed by atoms with Crippen LogP contribution in [0, 0.1) is 5.82 Å². The van der Waals surface area contributed by atoms with Gasteiger partial charge in [0.05, 0.1) is 19.3 Å². The van der Waals surface area contributed by atoms with Crippen LogP contribution in [0.1, 0.15) is 11.6 Å². The van der Waals surface area contributed by atoms with E-state index in [1.807, 2.05) is 0 Å². The highest BCUT2D eigenvalue weighted by atomic mass is 19.1. The first-order valence-corrected chi connectivity index (χ1v) is 10.2. The van der Waals surface area contributed by atoms with Gasteiger partial charge in [0.25, 0.3) is 0 Å². The van der Waals surface area contributed by atoms with Crippen LogP contribution in [0.2, 0.25) is 0 Å². The first kappa shape index (κ1) is 21.1. The Balaban J connectivity index is 1.38. The molecule has 0 saturated carbocycles. The van der Waals surface area contributed by atoms with E-state index in [9.17, 15) is 14.0 Å². The predicted octanol–water partition coefficient (Wildman–Crippen LogP) is 1.73. The van der Waals surface area contributed by atoms with Crippen molar-refractivity contribution in [3.8, 4) is 11.5 Å². The molecular weight excluding hydrogens is 405 g/mol. The average molecular weight is 429 g/mol. The summed E-state index contributed by atoms with van der Waals surface area (Å²) in [4.78, 5) is 26.9. The molecule has 0 radical (unpaired) electrons. The van der Waals surface area contributed by atoms with Gasteiger partial charge in [-0.3, -0.25) is 14.5 Å². The molecule has 2 heterocycles. The molecule has 1 unspecified atom stereocenters. The fourth-order valence-electron chi connectivity index (χ4n) is 3.61. The number of halogens is 1. The van der Waals surface area contributed by atoms with Crippen LogP contribution in [0.3, 0.4) is 0 Å². The van der Waals surface area contributed by atoms with Gasteiger partial charge in [0.15, 0.2) is 11.5 Å². The highest BCUT2D eigenvalue weighted by molar-refractivity contribution is 6.39. The van der Waals surface area contributed by atoms with Gasteiger partial charge in [-0.1, -0.05) is 12.1 Å². The quantitative estimate of drug-likeness (QED) is 0.704. The largest absolute Gasteiger partial charge is 0.486 e. The fourth-order valence-corrected chi connectivity index (χ4v) is 3.61. The van der Waals surface area contributed by atoms with Crippen molar-refractivity contribution in [3.05, 3.63) is 53.8 Å². The molecule has 0 bridgehead atoms. The minimum atomic E-state index is -0.781. The molecule has 164 valence electrons. The summed E-state index contributed by atoms with van der Waals surface area (Å²) in [6.07, 6.45) is 0. The van der Waals surface area contributed by atoms with Crippen LogP contribution in [0.4, 0.5) is 10.1 Å². The van der Waals surface area contributed by atoms with Crippen molar-refractivity contribution in [1.29, 1.82) is 0 Å². The van der Waals surface area contributed by atoms with Crippen LogP contribution in [-0.2, 0) is 14.3 Å². The second-order valence-corrected chi connectivity index (χ2v) is 7.24. The summed E-state index contributed by atoms with van der Waals surface area (Å²) in [6, 6.07) is 10.9. The lowest BCUT2D eigenvalue weighted by atomic mass is 10.0. The first-order valence-electron chi connectivity index (χ1n) is 10.2. The number of ether oxygens (including phenoxy) is 3. The fraction of sp³-hybridized carbons (Fsp3) is 0.364. The maximum atomic E-state index is 13.4. The molecule has 0 spiro atoms. The lowest BCUT2D eigenvalue weighted by molar-refractivity contribution is -0.136. The van der Waals surface area contributed by atoms with Crippen molar-refractivity contribution >= 4 is 17.5 Å². The van der Waals surface area contributed by atoms with Crippen LogP contribution in [-0.4, -0.2) is 62.8 Å². The Labute approximate surface area is 179 Å². The van der Waals surface area contributed by atoms with Gasteiger partial charge in [0, 0.05) is 31.4 Å². The minimum absolute atomic E-state index is 0.199. The summed E-state index contributed by atoms with van der Waals surface area (Å²) >= 11 is 0. The predicted molar refractivity (Wildman–Crippen MR) is 111 cm³/mol. The number of rotatable bonds is 5. The molecule has 9 heteroatoms. The average Bonchev–Trinajstić information content (AvgIpc) is 2.81. The summed E-state index contributed by atoms with van der Waals surface area (Å²) < 4.78 is 29.7. The Hall–Kier alpha value is -3.17. The number of nitrogens with zero attached hydrogens (tertiary/aromatic N) is 1. The molecular formula is C22H24FN3O5. The van der Waals surface area contributed by atoms with Crippen molar-refractivity contribution < 1.29 is 28.2 Å². The number of anilines is 1. The van der Waals surface area contributed by atoms with Gasteiger partial charge in [0.2, 0.25) is 0 Å². The first-order chi connectivity index (χ1) is 15.1. The molecule has 2 aromatic rings. The van der Waals surface area contributed by atoms with Crippen LogP contribution in [0.25, 0.3) is 0 Å². The standard InChI is InChI=1S/C22H24FN3O5/c23-16-3-1-15(2-4-16)18(26-7-9-29-10-8-26)14-24-21(27)22(28)25-17-5-6-19-20(13-17)31-12-11-30-19/h1-6,13,18H,7-12,14H2,(H,24,27)(H,25,28). The Morgan fingerprint density at radius 3 is 2.39 bits per heavy atom. The third kappa shape index (κ3) is 5.31. The zero-order valence-electron chi connectivity index (χ0n) is 16.9. The molecule has 0 aliphatic carbocycles. The summed E-state index contributed by atoms with van der Waals surface area (Å²) in [7, 11) is 0. The molecule has 1 saturated heterocycles. The number of benzene rings is 2. The molecule has 1 fully saturated rings. The second-order valence-electron chi connectivity index (χ2n) is 7.24.